The van der Waals surface area contributed by atoms with E-state index in [0.29, 0.717) is 0 Å². The molecular formula is C18H37IN4. The molecule has 0 spiro atoms. The van der Waals surface area contributed by atoms with Gasteiger partial charge in [0.1, 0.15) is 0 Å². The second-order valence-corrected chi connectivity index (χ2v) is 6.41. The summed E-state index contributed by atoms with van der Waals surface area (Å²) in [6, 6.07) is 0.783. The van der Waals surface area contributed by atoms with Gasteiger partial charge < -0.3 is 15.1 Å². The van der Waals surface area contributed by atoms with E-state index in [1.54, 1.807) is 0 Å². The zero-order valence-electron chi connectivity index (χ0n) is 15.4. The maximum atomic E-state index is 4.36. The molecule has 1 aliphatic heterocycles. The van der Waals surface area contributed by atoms with E-state index in [1.807, 2.05) is 13.1 Å². The van der Waals surface area contributed by atoms with E-state index in [2.05, 4.69) is 40.7 Å². The summed E-state index contributed by atoms with van der Waals surface area (Å²) in [5, 5.41) is 3.48. The molecule has 1 saturated heterocycles. The summed E-state index contributed by atoms with van der Waals surface area (Å²) in [7, 11) is 3.97. The molecular weight excluding hydrogens is 399 g/mol. The number of halogens is 1. The minimum absolute atomic E-state index is 0. The summed E-state index contributed by atoms with van der Waals surface area (Å²) >= 11 is 0. The Hall–Kier alpha value is -0.300. The van der Waals surface area contributed by atoms with Crippen LogP contribution in [0.25, 0.3) is 0 Å². The molecule has 23 heavy (non-hydrogen) atoms. The third kappa shape index (κ3) is 9.55. The second kappa shape index (κ2) is 14.1. The van der Waals surface area contributed by atoms with Crippen LogP contribution in [0.15, 0.2) is 17.6 Å². The first kappa shape index (κ1) is 22.7. The Balaban J connectivity index is 0.00000484. The first-order valence-corrected chi connectivity index (χ1v) is 8.95. The fourth-order valence-electron chi connectivity index (χ4n) is 3.09. The van der Waals surface area contributed by atoms with Gasteiger partial charge in [-0.2, -0.15) is 0 Å². The normalized spacial score (nSPS) is 19.1. The van der Waals surface area contributed by atoms with Gasteiger partial charge in [0.05, 0.1) is 0 Å². The average Bonchev–Trinajstić information content (AvgIpc) is 2.52. The maximum Gasteiger partial charge on any atom is 0.193 e. The lowest BCUT2D eigenvalue weighted by Crippen LogP contribution is -2.40. The zero-order valence-corrected chi connectivity index (χ0v) is 17.7. The van der Waals surface area contributed by atoms with E-state index in [4.69, 9.17) is 0 Å². The predicted octanol–water partition coefficient (Wildman–Crippen LogP) is 3.73. The first-order chi connectivity index (χ1) is 10.7. The van der Waals surface area contributed by atoms with Crippen molar-refractivity contribution in [2.24, 2.45) is 4.99 Å². The van der Waals surface area contributed by atoms with Gasteiger partial charge in [0, 0.05) is 33.2 Å². The molecule has 1 aliphatic rings. The van der Waals surface area contributed by atoms with Crippen molar-refractivity contribution in [3.05, 3.63) is 12.7 Å². The molecule has 1 fully saturated rings. The molecule has 1 rings (SSSR count). The number of hydrogen-bond acceptors (Lipinski definition) is 2. The fourth-order valence-corrected chi connectivity index (χ4v) is 3.09. The number of allylic oxidation sites excluding steroid dienone is 1. The number of piperidine rings is 1. The molecule has 0 saturated carbocycles. The van der Waals surface area contributed by atoms with Crippen LogP contribution in [0, 0.1) is 0 Å². The molecule has 0 radical (unpaired) electrons. The van der Waals surface area contributed by atoms with E-state index in [0.717, 1.165) is 37.9 Å². The topological polar surface area (TPSA) is 30.9 Å². The van der Waals surface area contributed by atoms with Crippen LogP contribution >= 0.6 is 24.0 Å². The van der Waals surface area contributed by atoms with Gasteiger partial charge in [-0.25, -0.2) is 0 Å². The van der Waals surface area contributed by atoms with Crippen LogP contribution in [0.2, 0.25) is 0 Å². The number of guanidine groups is 1. The standard InChI is InChI=1S/C18H36N4.HI/c1-5-6-9-14-21(4)18(19-3)20-13-8-11-16-22-15-10-7-12-17(22)2;/h5,17H,1,6-16H2,2-4H3,(H,19,20);1H. The Morgan fingerprint density at radius 1 is 1.35 bits per heavy atom. The smallest absolute Gasteiger partial charge is 0.193 e. The van der Waals surface area contributed by atoms with Crippen LogP contribution in [0.3, 0.4) is 0 Å². The summed E-state index contributed by atoms with van der Waals surface area (Å²) in [5.41, 5.74) is 0. The van der Waals surface area contributed by atoms with Crippen molar-refractivity contribution in [3.8, 4) is 0 Å². The number of aliphatic imine (C=N–C) groups is 1. The van der Waals surface area contributed by atoms with E-state index >= 15 is 0 Å². The molecule has 0 aromatic rings. The van der Waals surface area contributed by atoms with E-state index < -0.39 is 0 Å². The SMILES string of the molecule is C=CCCCN(C)C(=NC)NCCCCN1CCCCC1C.I. The van der Waals surface area contributed by atoms with Crippen LogP contribution in [-0.4, -0.2) is 62.1 Å². The lowest BCUT2D eigenvalue weighted by atomic mass is 10.0. The van der Waals surface area contributed by atoms with Gasteiger partial charge in [0.15, 0.2) is 5.96 Å². The van der Waals surface area contributed by atoms with E-state index in [1.165, 1.54) is 45.2 Å². The highest BCUT2D eigenvalue weighted by Crippen LogP contribution is 2.16. The molecule has 0 bridgehead atoms. The highest BCUT2D eigenvalue weighted by atomic mass is 127. The molecule has 0 aliphatic carbocycles. The number of hydrogen-bond donors (Lipinski definition) is 1. The fraction of sp³-hybridized carbons (Fsp3) is 0.833. The third-order valence-corrected chi connectivity index (χ3v) is 4.57. The Bertz CT molecular complexity index is 333. The third-order valence-electron chi connectivity index (χ3n) is 4.57. The molecule has 0 aromatic heterocycles. The Morgan fingerprint density at radius 3 is 2.78 bits per heavy atom. The van der Waals surface area contributed by atoms with Gasteiger partial charge in [-0.3, -0.25) is 4.99 Å². The summed E-state index contributed by atoms with van der Waals surface area (Å²) in [5.74, 6) is 1.01. The van der Waals surface area contributed by atoms with Gasteiger partial charge in [-0.1, -0.05) is 12.5 Å². The highest BCUT2D eigenvalue weighted by Gasteiger charge is 2.17. The van der Waals surface area contributed by atoms with Gasteiger partial charge in [0.2, 0.25) is 0 Å². The first-order valence-electron chi connectivity index (χ1n) is 8.95. The lowest BCUT2D eigenvalue weighted by molar-refractivity contribution is 0.158. The number of rotatable bonds is 9. The molecule has 1 N–H and O–H groups in total. The predicted molar refractivity (Wildman–Crippen MR) is 113 cm³/mol. The molecule has 0 aromatic carbocycles. The number of likely N-dealkylation sites (tertiary alicyclic amines) is 1. The number of nitrogens with zero attached hydrogens (tertiary/aromatic N) is 3. The zero-order chi connectivity index (χ0) is 16.2. The van der Waals surface area contributed by atoms with Crippen LogP contribution in [-0.2, 0) is 0 Å². The lowest BCUT2D eigenvalue weighted by Gasteiger charge is -2.33. The van der Waals surface area contributed by atoms with Gasteiger partial charge >= 0.3 is 0 Å². The van der Waals surface area contributed by atoms with Crippen molar-refractivity contribution < 1.29 is 0 Å². The molecule has 1 unspecified atom stereocenters. The number of unbranched alkanes of at least 4 members (excludes halogenated alkanes) is 2. The maximum absolute atomic E-state index is 4.36. The van der Waals surface area contributed by atoms with Crippen LogP contribution in [0.5, 0.6) is 0 Å². The summed E-state index contributed by atoms with van der Waals surface area (Å²) in [4.78, 5) is 9.22. The van der Waals surface area contributed by atoms with Crippen LogP contribution < -0.4 is 5.32 Å². The Labute approximate surface area is 160 Å². The van der Waals surface area contributed by atoms with Crippen molar-refractivity contribution in [3.63, 3.8) is 0 Å². The Kier molecular flexibility index (Phi) is 13.9. The van der Waals surface area contributed by atoms with Gasteiger partial charge in [0.25, 0.3) is 0 Å². The van der Waals surface area contributed by atoms with Crippen molar-refractivity contribution in [2.75, 3.05) is 40.3 Å². The molecule has 5 heteroatoms. The Morgan fingerprint density at radius 2 is 2.13 bits per heavy atom. The van der Waals surface area contributed by atoms with Crippen LogP contribution in [0.1, 0.15) is 51.9 Å². The van der Waals surface area contributed by atoms with E-state index in [9.17, 15) is 0 Å². The monoisotopic (exact) mass is 436 g/mol. The van der Waals surface area contributed by atoms with E-state index in [-0.39, 0.29) is 24.0 Å². The number of nitrogens with one attached hydrogen (secondary N) is 1. The van der Waals surface area contributed by atoms with Gasteiger partial charge in [-0.15, -0.1) is 30.6 Å². The molecule has 1 atom stereocenters. The quantitative estimate of drug-likeness (QED) is 0.197. The molecule has 1 heterocycles. The largest absolute Gasteiger partial charge is 0.356 e. The highest BCUT2D eigenvalue weighted by molar-refractivity contribution is 14.0. The minimum atomic E-state index is 0. The molecule has 4 nitrogen and oxygen atoms in total. The van der Waals surface area contributed by atoms with Crippen molar-refractivity contribution >= 4 is 29.9 Å². The second-order valence-electron chi connectivity index (χ2n) is 6.41. The van der Waals surface area contributed by atoms with Crippen molar-refractivity contribution in [1.82, 2.24) is 15.1 Å². The summed E-state index contributed by atoms with van der Waals surface area (Å²) < 4.78 is 0. The minimum Gasteiger partial charge on any atom is -0.356 e. The van der Waals surface area contributed by atoms with Crippen molar-refractivity contribution in [1.29, 1.82) is 0 Å². The molecule has 0 amide bonds. The van der Waals surface area contributed by atoms with Gasteiger partial charge in [-0.05, 0) is 58.5 Å². The summed E-state index contributed by atoms with van der Waals surface area (Å²) in [6.45, 7) is 10.7. The molecule has 136 valence electrons. The van der Waals surface area contributed by atoms with Crippen molar-refractivity contribution in [2.45, 2.75) is 57.9 Å². The van der Waals surface area contributed by atoms with Crippen LogP contribution in [0.4, 0.5) is 0 Å². The average molecular weight is 436 g/mol. The summed E-state index contributed by atoms with van der Waals surface area (Å²) in [6.07, 6.45) is 10.8.